The fourth-order valence-corrected chi connectivity index (χ4v) is 4.17. The third kappa shape index (κ3) is 4.91. The maximum atomic E-state index is 9.37. The molecule has 172 valence electrons. The van der Waals surface area contributed by atoms with Gasteiger partial charge in [0.1, 0.15) is 5.41 Å². The molecule has 0 amide bonds. The second kappa shape index (κ2) is 11.3. The van der Waals surface area contributed by atoms with Crippen molar-refractivity contribution in [2.45, 2.75) is 43.4 Å². The van der Waals surface area contributed by atoms with E-state index in [1.54, 1.807) is 0 Å². The Morgan fingerprint density at radius 2 is 1.17 bits per heavy atom. The number of methoxy groups -OCH3 is 2. The molecule has 4 N–H and O–H groups in total. The van der Waals surface area contributed by atoms with Gasteiger partial charge in [-0.25, -0.2) is 0 Å². The Balaban J connectivity index is 2.56. The summed E-state index contributed by atoms with van der Waals surface area (Å²) in [5, 5.41) is 37.5. The van der Waals surface area contributed by atoms with E-state index in [2.05, 4.69) is 0 Å². The van der Waals surface area contributed by atoms with E-state index in [9.17, 15) is 20.4 Å². The van der Waals surface area contributed by atoms with Gasteiger partial charge in [-0.15, -0.1) is 0 Å². The summed E-state index contributed by atoms with van der Waals surface area (Å²) in [5.41, 5.74) is -1.28. The summed E-state index contributed by atoms with van der Waals surface area (Å²) in [4.78, 5) is 0. The van der Waals surface area contributed by atoms with Crippen LogP contribution in [0.1, 0.15) is 19.3 Å². The Bertz CT molecular complexity index is 431. The van der Waals surface area contributed by atoms with E-state index < -0.39 is 17.4 Å². The lowest BCUT2D eigenvalue weighted by Crippen LogP contribution is -2.69. The van der Waals surface area contributed by atoms with Crippen LogP contribution in [-0.4, -0.2) is 112 Å². The van der Waals surface area contributed by atoms with Gasteiger partial charge in [-0.3, -0.25) is 0 Å². The molecular formula is C18H34O11. The minimum absolute atomic E-state index is 0.0820. The van der Waals surface area contributed by atoms with Crippen molar-refractivity contribution in [2.24, 2.45) is 5.41 Å². The monoisotopic (exact) mass is 426 g/mol. The van der Waals surface area contributed by atoms with Gasteiger partial charge in [0.05, 0.1) is 65.1 Å². The summed E-state index contributed by atoms with van der Waals surface area (Å²) >= 11 is 0. The first-order valence-corrected chi connectivity index (χ1v) is 9.79. The first kappa shape index (κ1) is 24.8. The second-order valence-corrected chi connectivity index (χ2v) is 6.85. The van der Waals surface area contributed by atoms with Crippen LogP contribution in [0.25, 0.3) is 0 Å². The fourth-order valence-electron chi connectivity index (χ4n) is 4.17. The largest absolute Gasteiger partial charge is 0.394 e. The lowest BCUT2D eigenvalue weighted by atomic mass is 9.69. The van der Waals surface area contributed by atoms with Crippen molar-refractivity contribution >= 4 is 0 Å². The summed E-state index contributed by atoms with van der Waals surface area (Å²) in [5.74, 6) is -3.67. The summed E-state index contributed by atoms with van der Waals surface area (Å²) in [6.07, 6.45) is 1.21. The van der Waals surface area contributed by atoms with Gasteiger partial charge < -0.3 is 53.6 Å². The highest BCUT2D eigenvalue weighted by Gasteiger charge is 2.73. The molecule has 1 aliphatic carbocycles. The number of epoxide rings is 1. The predicted octanol–water partition coefficient (Wildman–Crippen LogP) is -1.44. The van der Waals surface area contributed by atoms with E-state index in [0.29, 0.717) is 19.3 Å². The number of aliphatic hydroxyl groups is 4. The van der Waals surface area contributed by atoms with Crippen molar-refractivity contribution in [1.82, 2.24) is 0 Å². The topological polar surface area (TPSA) is 149 Å². The zero-order valence-electron chi connectivity index (χ0n) is 17.1. The Kier molecular flexibility index (Phi) is 9.64. The van der Waals surface area contributed by atoms with Gasteiger partial charge in [0.15, 0.2) is 0 Å². The molecule has 1 saturated heterocycles. The SMILES string of the molecule is COC(OCCO)(OCCO)C1(C(OC)(OCCO)OCCO)CCC2OC2C1. The van der Waals surface area contributed by atoms with Gasteiger partial charge in [-0.05, 0) is 19.3 Å². The average Bonchev–Trinajstić information content (AvgIpc) is 3.53. The molecule has 0 aromatic carbocycles. The van der Waals surface area contributed by atoms with Crippen LogP contribution in [0.5, 0.6) is 0 Å². The van der Waals surface area contributed by atoms with Crippen molar-refractivity contribution in [1.29, 1.82) is 0 Å². The highest BCUT2D eigenvalue weighted by atomic mass is 16.9. The summed E-state index contributed by atoms with van der Waals surface area (Å²) in [7, 11) is 2.74. The van der Waals surface area contributed by atoms with Gasteiger partial charge in [-0.1, -0.05) is 0 Å². The van der Waals surface area contributed by atoms with Crippen LogP contribution in [-0.2, 0) is 33.2 Å². The average molecular weight is 426 g/mol. The van der Waals surface area contributed by atoms with Crippen LogP contribution in [0.15, 0.2) is 0 Å². The Morgan fingerprint density at radius 1 is 0.759 bits per heavy atom. The van der Waals surface area contributed by atoms with Crippen LogP contribution in [0.2, 0.25) is 0 Å². The maximum absolute atomic E-state index is 9.37. The van der Waals surface area contributed by atoms with Gasteiger partial charge in [0.2, 0.25) is 0 Å². The first-order chi connectivity index (χ1) is 14.0. The highest BCUT2D eigenvalue weighted by molar-refractivity contribution is 5.07. The van der Waals surface area contributed by atoms with E-state index >= 15 is 0 Å². The molecule has 0 aromatic rings. The zero-order valence-corrected chi connectivity index (χ0v) is 17.1. The van der Waals surface area contributed by atoms with Crippen LogP contribution < -0.4 is 0 Å². The molecule has 2 atom stereocenters. The summed E-state index contributed by atoms with van der Waals surface area (Å²) in [6, 6.07) is 0. The second-order valence-electron chi connectivity index (χ2n) is 6.85. The molecular weight excluding hydrogens is 392 g/mol. The highest BCUT2D eigenvalue weighted by Crippen LogP contribution is 2.60. The standard InChI is InChI=1S/C18H34O11/c1-23-17(25-9-5-19,26-10-6-20)16(4-3-14-15(13-16)29-14)18(24-2,27-11-7-21)28-12-8-22/h14-15,19-22H,3-13H2,1-2H3. The number of fused-ring (bicyclic) bond motifs is 1. The molecule has 1 heterocycles. The van der Waals surface area contributed by atoms with Crippen molar-refractivity contribution in [3.05, 3.63) is 0 Å². The Hall–Kier alpha value is -0.440. The third-order valence-electron chi connectivity index (χ3n) is 5.34. The van der Waals surface area contributed by atoms with Crippen LogP contribution >= 0.6 is 0 Å². The van der Waals surface area contributed by atoms with E-state index in [-0.39, 0.29) is 65.1 Å². The van der Waals surface area contributed by atoms with Crippen molar-refractivity contribution < 1.29 is 53.6 Å². The Morgan fingerprint density at radius 3 is 1.48 bits per heavy atom. The molecule has 1 aliphatic heterocycles. The number of hydrogen-bond acceptors (Lipinski definition) is 11. The quantitative estimate of drug-likeness (QED) is 0.170. The molecule has 2 fully saturated rings. The summed E-state index contributed by atoms with van der Waals surface area (Å²) < 4.78 is 40.7. The number of aliphatic hydroxyl groups excluding tert-OH is 4. The predicted molar refractivity (Wildman–Crippen MR) is 96.6 cm³/mol. The minimum Gasteiger partial charge on any atom is -0.394 e. The maximum Gasteiger partial charge on any atom is 0.296 e. The van der Waals surface area contributed by atoms with Crippen molar-refractivity contribution in [3.8, 4) is 0 Å². The molecule has 11 nitrogen and oxygen atoms in total. The lowest BCUT2D eigenvalue weighted by molar-refractivity contribution is -0.524. The molecule has 1 saturated carbocycles. The normalized spacial score (nSPS) is 23.8. The minimum atomic E-state index is -1.84. The van der Waals surface area contributed by atoms with Crippen molar-refractivity contribution in [3.63, 3.8) is 0 Å². The third-order valence-corrected chi connectivity index (χ3v) is 5.34. The van der Waals surface area contributed by atoms with Gasteiger partial charge in [0.25, 0.3) is 11.9 Å². The van der Waals surface area contributed by atoms with E-state index in [1.807, 2.05) is 0 Å². The Labute approximate surface area is 170 Å². The van der Waals surface area contributed by atoms with E-state index in [0.717, 1.165) is 0 Å². The van der Waals surface area contributed by atoms with Crippen LogP contribution in [0, 0.1) is 5.41 Å². The molecule has 0 bridgehead atoms. The van der Waals surface area contributed by atoms with Gasteiger partial charge in [0, 0.05) is 14.2 Å². The molecule has 11 heteroatoms. The van der Waals surface area contributed by atoms with E-state index in [1.165, 1.54) is 14.2 Å². The number of ether oxygens (including phenoxy) is 7. The lowest BCUT2D eigenvalue weighted by Gasteiger charge is -2.56. The molecule has 2 rings (SSSR count). The van der Waals surface area contributed by atoms with Crippen LogP contribution in [0.4, 0.5) is 0 Å². The van der Waals surface area contributed by atoms with E-state index in [4.69, 9.17) is 33.2 Å². The molecule has 0 spiro atoms. The first-order valence-electron chi connectivity index (χ1n) is 9.79. The smallest absolute Gasteiger partial charge is 0.296 e. The molecule has 29 heavy (non-hydrogen) atoms. The van der Waals surface area contributed by atoms with Gasteiger partial charge in [-0.2, -0.15) is 0 Å². The van der Waals surface area contributed by atoms with Gasteiger partial charge >= 0.3 is 0 Å². The fraction of sp³-hybridized carbons (Fsp3) is 1.00. The number of rotatable bonds is 16. The molecule has 0 aromatic heterocycles. The van der Waals surface area contributed by atoms with Crippen molar-refractivity contribution in [2.75, 3.05) is 67.1 Å². The zero-order chi connectivity index (χ0) is 21.4. The molecule has 2 aliphatic rings. The molecule has 0 radical (unpaired) electrons. The van der Waals surface area contributed by atoms with Crippen LogP contribution in [0.3, 0.4) is 0 Å². The number of hydrogen-bond donors (Lipinski definition) is 4. The molecule has 2 unspecified atom stereocenters. The summed E-state index contributed by atoms with van der Waals surface area (Å²) in [6.45, 7) is -1.73.